The molecule has 5 atom stereocenters. The number of carbonyl (C=O) groups is 1. The minimum Gasteiger partial charge on any atom is -0.504 e. The smallest absolute Gasteiger partial charge is 0.302 e. The van der Waals surface area contributed by atoms with Crippen molar-refractivity contribution in [2.75, 3.05) is 13.2 Å². The summed E-state index contributed by atoms with van der Waals surface area (Å²) in [5, 5.41) is 57.9. The van der Waals surface area contributed by atoms with Crippen LogP contribution >= 0.6 is 0 Å². The van der Waals surface area contributed by atoms with Crippen LogP contribution in [0.2, 0.25) is 0 Å². The van der Waals surface area contributed by atoms with Crippen LogP contribution in [0.1, 0.15) is 12.5 Å². The van der Waals surface area contributed by atoms with Crippen LogP contribution in [0, 0.1) is 0 Å². The molecule has 1 aliphatic rings. The third-order valence-electron chi connectivity index (χ3n) is 3.92. The molecule has 0 bridgehead atoms. The highest BCUT2D eigenvalue weighted by molar-refractivity contribution is 5.65. The maximum Gasteiger partial charge on any atom is 0.302 e. The van der Waals surface area contributed by atoms with Gasteiger partial charge in [-0.25, -0.2) is 0 Å². The quantitative estimate of drug-likeness (QED) is 0.261. The average Bonchev–Trinajstić information content (AvgIpc) is 2.58. The molecule has 10 heteroatoms. The highest BCUT2D eigenvalue weighted by Gasteiger charge is 2.44. The molecule has 1 aromatic rings. The minimum atomic E-state index is -1.56. The lowest BCUT2D eigenvalue weighted by Gasteiger charge is -2.39. The molecule has 1 fully saturated rings. The van der Waals surface area contributed by atoms with Crippen LogP contribution in [-0.2, 0) is 25.4 Å². The van der Waals surface area contributed by atoms with Crippen molar-refractivity contribution in [2.45, 2.75) is 44.1 Å². The van der Waals surface area contributed by atoms with Gasteiger partial charge >= 0.3 is 5.97 Å². The second kappa shape index (κ2) is 8.52. The van der Waals surface area contributed by atoms with E-state index in [0.717, 1.165) is 0 Å². The topological polar surface area (TPSA) is 166 Å². The molecule has 1 aromatic carbocycles. The number of aliphatic hydroxyl groups is 3. The first-order chi connectivity index (χ1) is 12.2. The van der Waals surface area contributed by atoms with Gasteiger partial charge in [-0.15, -0.1) is 0 Å². The molecule has 0 amide bonds. The SMILES string of the molecule is CC(=O)OC[C@H]1O[C@@H](OCCc2cc(O)c(O)c(O)c2)[C@H](O)[C@@H](O)[C@@H]1O. The molecular formula is C16H22O10. The second-order valence-corrected chi connectivity index (χ2v) is 5.92. The van der Waals surface area contributed by atoms with Crippen molar-refractivity contribution in [1.29, 1.82) is 0 Å². The van der Waals surface area contributed by atoms with Gasteiger partial charge in [0.05, 0.1) is 6.61 Å². The summed E-state index contributed by atoms with van der Waals surface area (Å²) in [4.78, 5) is 10.9. The molecule has 10 nitrogen and oxygen atoms in total. The standard InChI is InChI=1S/C16H22O10/c1-7(17)25-6-11-13(21)14(22)15(23)16(26-11)24-3-2-8-4-9(18)12(20)10(19)5-8/h4-5,11,13-16,18-23H,2-3,6H2,1H3/t11-,13-,14+,15-,16-/m1/s1. The van der Waals surface area contributed by atoms with Gasteiger partial charge in [-0.2, -0.15) is 0 Å². The molecule has 146 valence electrons. The molecular weight excluding hydrogens is 352 g/mol. The zero-order valence-corrected chi connectivity index (χ0v) is 14.0. The summed E-state index contributed by atoms with van der Waals surface area (Å²) in [6.45, 7) is 0.825. The van der Waals surface area contributed by atoms with Crippen LogP contribution in [0.25, 0.3) is 0 Å². The fourth-order valence-electron chi connectivity index (χ4n) is 2.49. The lowest BCUT2D eigenvalue weighted by atomic mass is 9.99. The molecule has 0 saturated carbocycles. The number of ether oxygens (including phenoxy) is 3. The zero-order chi connectivity index (χ0) is 19.4. The highest BCUT2D eigenvalue weighted by Crippen LogP contribution is 2.35. The van der Waals surface area contributed by atoms with Crippen molar-refractivity contribution >= 4 is 5.97 Å². The van der Waals surface area contributed by atoms with Crippen molar-refractivity contribution in [3.05, 3.63) is 17.7 Å². The monoisotopic (exact) mass is 374 g/mol. The Morgan fingerprint density at radius 1 is 1.08 bits per heavy atom. The van der Waals surface area contributed by atoms with Crippen molar-refractivity contribution in [1.82, 2.24) is 0 Å². The molecule has 6 N–H and O–H groups in total. The van der Waals surface area contributed by atoms with Crippen LogP contribution in [0.15, 0.2) is 12.1 Å². The molecule has 0 aliphatic carbocycles. The van der Waals surface area contributed by atoms with E-state index < -0.39 is 53.9 Å². The van der Waals surface area contributed by atoms with Crippen molar-refractivity contribution in [3.8, 4) is 17.2 Å². The third kappa shape index (κ3) is 4.74. The Bertz CT molecular complexity index is 610. The Balaban J connectivity index is 1.93. The predicted molar refractivity (Wildman–Crippen MR) is 84.4 cm³/mol. The van der Waals surface area contributed by atoms with Gasteiger partial charge in [0, 0.05) is 6.92 Å². The largest absolute Gasteiger partial charge is 0.504 e. The van der Waals surface area contributed by atoms with E-state index in [1.807, 2.05) is 0 Å². The Kier molecular flexibility index (Phi) is 6.62. The predicted octanol–water partition coefficient (Wildman–Crippen LogP) is -1.27. The fraction of sp³-hybridized carbons (Fsp3) is 0.562. The van der Waals surface area contributed by atoms with E-state index in [1.165, 1.54) is 19.1 Å². The van der Waals surface area contributed by atoms with Gasteiger partial charge in [0.1, 0.15) is 31.0 Å². The van der Waals surface area contributed by atoms with Gasteiger partial charge in [0.2, 0.25) is 0 Å². The molecule has 26 heavy (non-hydrogen) atoms. The maximum absolute atomic E-state index is 10.9. The minimum absolute atomic E-state index is 0.0333. The van der Waals surface area contributed by atoms with Crippen molar-refractivity contribution in [3.63, 3.8) is 0 Å². The van der Waals surface area contributed by atoms with Crippen LogP contribution in [-0.4, -0.2) is 80.5 Å². The lowest BCUT2D eigenvalue weighted by Crippen LogP contribution is -2.59. The highest BCUT2D eigenvalue weighted by atomic mass is 16.7. The number of phenolic OH excluding ortho intramolecular Hbond substituents is 3. The summed E-state index contributed by atoms with van der Waals surface area (Å²) in [6.07, 6.45) is -6.73. The van der Waals surface area contributed by atoms with E-state index >= 15 is 0 Å². The van der Waals surface area contributed by atoms with E-state index in [-0.39, 0.29) is 19.6 Å². The number of hydrogen-bond donors (Lipinski definition) is 6. The Labute approximate surface area is 148 Å². The Morgan fingerprint density at radius 3 is 2.27 bits per heavy atom. The lowest BCUT2D eigenvalue weighted by molar-refractivity contribution is -0.301. The Hall–Kier alpha value is -2.11. The van der Waals surface area contributed by atoms with Crippen molar-refractivity contribution in [2.24, 2.45) is 0 Å². The number of benzene rings is 1. The molecule has 1 saturated heterocycles. The van der Waals surface area contributed by atoms with Gasteiger partial charge in [0.15, 0.2) is 23.5 Å². The molecule has 2 rings (SSSR count). The molecule has 0 radical (unpaired) electrons. The van der Waals surface area contributed by atoms with Gasteiger partial charge in [-0.3, -0.25) is 4.79 Å². The van der Waals surface area contributed by atoms with Crippen LogP contribution in [0.3, 0.4) is 0 Å². The van der Waals surface area contributed by atoms with E-state index in [9.17, 15) is 35.4 Å². The molecule has 0 aromatic heterocycles. The van der Waals surface area contributed by atoms with Crippen LogP contribution in [0.5, 0.6) is 17.2 Å². The number of esters is 1. The summed E-state index contributed by atoms with van der Waals surface area (Å²) in [5.41, 5.74) is 0.445. The molecule has 0 spiro atoms. The van der Waals surface area contributed by atoms with Gasteiger partial charge < -0.3 is 44.8 Å². The number of aliphatic hydroxyl groups excluding tert-OH is 3. The van der Waals surface area contributed by atoms with Gasteiger partial charge in [0.25, 0.3) is 0 Å². The van der Waals surface area contributed by atoms with Crippen LogP contribution < -0.4 is 0 Å². The number of rotatable bonds is 6. The maximum atomic E-state index is 10.9. The molecule has 1 aliphatic heterocycles. The van der Waals surface area contributed by atoms with Gasteiger partial charge in [-0.1, -0.05) is 0 Å². The van der Waals surface area contributed by atoms with Gasteiger partial charge in [-0.05, 0) is 24.1 Å². The Morgan fingerprint density at radius 2 is 1.69 bits per heavy atom. The van der Waals surface area contributed by atoms with E-state index in [0.29, 0.717) is 5.56 Å². The summed E-state index contributed by atoms with van der Waals surface area (Å²) in [7, 11) is 0. The summed E-state index contributed by atoms with van der Waals surface area (Å²) < 4.78 is 15.4. The van der Waals surface area contributed by atoms with Crippen LogP contribution in [0.4, 0.5) is 0 Å². The first-order valence-corrected chi connectivity index (χ1v) is 7.89. The van der Waals surface area contributed by atoms with Crippen molar-refractivity contribution < 1.29 is 49.6 Å². The fourth-order valence-corrected chi connectivity index (χ4v) is 2.49. The summed E-state index contributed by atoms with van der Waals surface area (Å²) in [6, 6.07) is 2.47. The average molecular weight is 374 g/mol. The summed E-state index contributed by atoms with van der Waals surface area (Å²) >= 11 is 0. The molecule has 0 unspecified atom stereocenters. The van der Waals surface area contributed by atoms with E-state index in [2.05, 4.69) is 0 Å². The third-order valence-corrected chi connectivity index (χ3v) is 3.92. The molecule has 1 heterocycles. The number of hydrogen-bond acceptors (Lipinski definition) is 10. The normalized spacial score (nSPS) is 28.7. The first kappa shape index (κ1) is 20.2. The van der Waals surface area contributed by atoms with E-state index in [1.54, 1.807) is 0 Å². The second-order valence-electron chi connectivity index (χ2n) is 5.92. The first-order valence-electron chi connectivity index (χ1n) is 7.89. The number of phenols is 3. The number of aromatic hydroxyl groups is 3. The summed E-state index contributed by atoms with van der Waals surface area (Å²) in [5.74, 6) is -2.21. The van der Waals surface area contributed by atoms with E-state index in [4.69, 9.17) is 14.2 Å². The zero-order valence-electron chi connectivity index (χ0n) is 14.0. The number of carbonyl (C=O) groups excluding carboxylic acids is 1.